The van der Waals surface area contributed by atoms with E-state index in [0.29, 0.717) is 61.3 Å². The van der Waals surface area contributed by atoms with Crippen molar-refractivity contribution in [1.82, 2.24) is 9.80 Å². The summed E-state index contributed by atoms with van der Waals surface area (Å²) in [4.78, 5) is 41.6. The molecular formula is C30H30FN3O4. The number of carbonyl (C=O) groups is 3. The van der Waals surface area contributed by atoms with Gasteiger partial charge in [0, 0.05) is 37.2 Å². The van der Waals surface area contributed by atoms with Crippen molar-refractivity contribution in [3.05, 3.63) is 88.4 Å². The quantitative estimate of drug-likeness (QED) is 0.593. The summed E-state index contributed by atoms with van der Waals surface area (Å²) in [5.41, 5.74) is 7.65. The number of rotatable bonds is 6. The number of benzene rings is 2. The number of carbonyl (C=O) groups excluding carboxylic acids is 3. The van der Waals surface area contributed by atoms with Crippen LogP contribution >= 0.6 is 0 Å². The Morgan fingerprint density at radius 2 is 1.87 bits per heavy atom. The molecule has 2 N–H and O–H groups in total. The molecule has 8 heteroatoms. The number of primary amides is 1. The second-order valence-corrected chi connectivity index (χ2v) is 10.7. The maximum Gasteiger partial charge on any atom is 0.339 e. The molecule has 7 nitrogen and oxygen atoms in total. The van der Waals surface area contributed by atoms with Crippen LogP contribution in [0.1, 0.15) is 59.7 Å². The number of hydrogen-bond acceptors (Lipinski definition) is 5. The molecule has 196 valence electrons. The summed E-state index contributed by atoms with van der Waals surface area (Å²) in [5.74, 6) is -1.36. The molecule has 3 aliphatic heterocycles. The van der Waals surface area contributed by atoms with Gasteiger partial charge in [0.15, 0.2) is 5.60 Å². The normalized spacial score (nSPS) is 23.2. The van der Waals surface area contributed by atoms with Crippen LogP contribution in [0.4, 0.5) is 4.39 Å². The topological polar surface area (TPSA) is 92.9 Å². The standard InChI is InChI=1S/C30H30FN3O4/c1-2-14-33-17-20(8-10-25(33)26(32)35)19-7-9-23(24(31)16-19)29(11-12-29)28(37)34-15-13-30(18-34)22-6-4-3-5-21(22)27(36)38-30/h3-10,16H,2,11-15,17-18H2,1H3,(H2,32,35)/t30-/m0/s1. The van der Waals surface area contributed by atoms with E-state index in [-0.39, 0.29) is 18.4 Å². The second-order valence-electron chi connectivity index (χ2n) is 10.7. The van der Waals surface area contributed by atoms with E-state index in [1.54, 1.807) is 29.2 Å². The van der Waals surface area contributed by atoms with Crippen LogP contribution in [-0.4, -0.2) is 53.8 Å². The number of amides is 2. The van der Waals surface area contributed by atoms with Gasteiger partial charge in [-0.2, -0.15) is 0 Å². The van der Waals surface area contributed by atoms with Crippen molar-refractivity contribution < 1.29 is 23.5 Å². The first kappa shape index (κ1) is 24.4. The Hall–Kier alpha value is -3.94. The van der Waals surface area contributed by atoms with Gasteiger partial charge in [-0.1, -0.05) is 43.3 Å². The van der Waals surface area contributed by atoms with Crippen molar-refractivity contribution >= 4 is 23.4 Å². The zero-order valence-electron chi connectivity index (χ0n) is 21.3. The lowest BCUT2D eigenvalue weighted by Gasteiger charge is -2.29. The van der Waals surface area contributed by atoms with Gasteiger partial charge in [-0.05, 0) is 48.6 Å². The fourth-order valence-electron chi connectivity index (χ4n) is 6.26. The number of fused-ring (bicyclic) bond motifs is 2. The molecule has 38 heavy (non-hydrogen) atoms. The van der Waals surface area contributed by atoms with E-state index < -0.39 is 22.7 Å². The lowest BCUT2D eigenvalue weighted by molar-refractivity contribution is -0.134. The largest absolute Gasteiger partial charge is 0.449 e. The Kier molecular flexibility index (Phi) is 5.67. The molecule has 0 radical (unpaired) electrons. The smallest absolute Gasteiger partial charge is 0.339 e. The summed E-state index contributed by atoms with van der Waals surface area (Å²) in [6, 6.07) is 12.4. The molecule has 1 saturated carbocycles. The van der Waals surface area contributed by atoms with Crippen molar-refractivity contribution in [1.29, 1.82) is 0 Å². The maximum absolute atomic E-state index is 15.6. The molecule has 1 saturated heterocycles. The lowest BCUT2D eigenvalue weighted by Crippen LogP contribution is -2.40. The molecule has 1 aliphatic carbocycles. The molecule has 0 bridgehead atoms. The lowest BCUT2D eigenvalue weighted by atomic mass is 9.90. The Balaban J connectivity index is 1.23. The molecule has 1 atom stereocenters. The Bertz CT molecular complexity index is 1430. The number of nitrogens with zero attached hydrogens (tertiary/aromatic N) is 2. The van der Waals surface area contributed by atoms with E-state index in [1.807, 2.05) is 36.1 Å². The third kappa shape index (κ3) is 3.73. The molecule has 4 aliphatic rings. The van der Waals surface area contributed by atoms with Gasteiger partial charge in [0.05, 0.1) is 17.5 Å². The van der Waals surface area contributed by atoms with Gasteiger partial charge >= 0.3 is 5.97 Å². The first-order valence-electron chi connectivity index (χ1n) is 13.2. The predicted octanol–water partition coefficient (Wildman–Crippen LogP) is 3.63. The molecule has 2 aromatic rings. The van der Waals surface area contributed by atoms with Crippen molar-refractivity contribution in [3.63, 3.8) is 0 Å². The van der Waals surface area contributed by atoms with Crippen LogP contribution in [0, 0.1) is 5.82 Å². The molecule has 0 aromatic heterocycles. The number of halogens is 1. The van der Waals surface area contributed by atoms with Crippen molar-refractivity contribution in [2.45, 2.75) is 43.6 Å². The average Bonchev–Trinajstić information content (AvgIpc) is 3.53. The highest BCUT2D eigenvalue weighted by atomic mass is 19.1. The third-order valence-electron chi connectivity index (χ3n) is 8.35. The van der Waals surface area contributed by atoms with Crippen molar-refractivity contribution in [2.24, 2.45) is 5.73 Å². The summed E-state index contributed by atoms with van der Waals surface area (Å²) in [6.07, 6.45) is 6.04. The number of likely N-dealkylation sites (tertiary alicyclic amines) is 1. The monoisotopic (exact) mass is 515 g/mol. The fourth-order valence-corrected chi connectivity index (χ4v) is 6.26. The maximum atomic E-state index is 15.6. The van der Waals surface area contributed by atoms with Crippen LogP contribution in [0.3, 0.4) is 0 Å². The Morgan fingerprint density at radius 3 is 2.58 bits per heavy atom. The van der Waals surface area contributed by atoms with E-state index in [1.165, 1.54) is 6.07 Å². The van der Waals surface area contributed by atoms with E-state index in [9.17, 15) is 14.4 Å². The van der Waals surface area contributed by atoms with Crippen LogP contribution in [0.25, 0.3) is 5.57 Å². The third-order valence-corrected chi connectivity index (χ3v) is 8.35. The minimum atomic E-state index is -0.884. The number of ether oxygens (including phenoxy) is 1. The van der Waals surface area contributed by atoms with E-state index in [0.717, 1.165) is 17.6 Å². The van der Waals surface area contributed by atoms with E-state index in [2.05, 4.69) is 0 Å². The minimum absolute atomic E-state index is 0.110. The average molecular weight is 516 g/mol. The minimum Gasteiger partial charge on any atom is -0.449 e. The number of esters is 1. The van der Waals surface area contributed by atoms with Crippen LogP contribution in [0.15, 0.2) is 60.3 Å². The van der Waals surface area contributed by atoms with Gasteiger partial charge in [0.1, 0.15) is 11.5 Å². The molecular weight excluding hydrogens is 485 g/mol. The van der Waals surface area contributed by atoms with Gasteiger partial charge in [0.2, 0.25) is 5.91 Å². The van der Waals surface area contributed by atoms with Crippen molar-refractivity contribution in [3.8, 4) is 0 Å². The van der Waals surface area contributed by atoms with Crippen LogP contribution in [0.5, 0.6) is 0 Å². The number of hydrogen-bond donors (Lipinski definition) is 1. The molecule has 2 amide bonds. The summed E-state index contributed by atoms with van der Waals surface area (Å²) in [5, 5.41) is 0. The number of allylic oxidation sites excluding steroid dienone is 2. The second kappa shape index (κ2) is 8.82. The highest BCUT2D eigenvalue weighted by Gasteiger charge is 2.58. The van der Waals surface area contributed by atoms with Crippen LogP contribution in [0.2, 0.25) is 0 Å². The highest BCUT2D eigenvalue weighted by molar-refractivity contribution is 5.96. The Labute approximate surface area is 220 Å². The van der Waals surface area contributed by atoms with E-state index >= 15 is 4.39 Å². The van der Waals surface area contributed by atoms with Gasteiger partial charge in [-0.3, -0.25) is 9.59 Å². The fraction of sp³-hybridized carbons (Fsp3) is 0.367. The molecule has 2 fully saturated rings. The number of nitrogens with two attached hydrogens (primary N) is 1. The summed E-state index contributed by atoms with van der Waals surface area (Å²) < 4.78 is 21.4. The summed E-state index contributed by atoms with van der Waals surface area (Å²) >= 11 is 0. The van der Waals surface area contributed by atoms with Crippen LogP contribution < -0.4 is 5.73 Å². The van der Waals surface area contributed by atoms with E-state index in [4.69, 9.17) is 10.5 Å². The first-order valence-corrected chi connectivity index (χ1v) is 13.2. The summed E-state index contributed by atoms with van der Waals surface area (Å²) in [7, 11) is 0. The zero-order chi connectivity index (χ0) is 26.7. The van der Waals surface area contributed by atoms with Gasteiger partial charge < -0.3 is 20.3 Å². The molecule has 0 unspecified atom stereocenters. The Morgan fingerprint density at radius 1 is 1.08 bits per heavy atom. The summed E-state index contributed by atoms with van der Waals surface area (Å²) in [6.45, 7) is 3.89. The van der Waals surface area contributed by atoms with Gasteiger partial charge in [-0.25, -0.2) is 9.18 Å². The van der Waals surface area contributed by atoms with Crippen LogP contribution in [-0.2, 0) is 25.3 Å². The van der Waals surface area contributed by atoms with Gasteiger partial charge in [-0.15, -0.1) is 0 Å². The molecule has 3 heterocycles. The SMILES string of the molecule is CCCN1CC(c2ccc(C3(C(=O)N4CC[C@@]5(C4)OC(=O)c4ccccc45)CC3)c(F)c2)=CC=C1C(N)=O. The predicted molar refractivity (Wildman–Crippen MR) is 139 cm³/mol. The zero-order valence-corrected chi connectivity index (χ0v) is 21.3. The molecule has 6 rings (SSSR count). The van der Waals surface area contributed by atoms with Crippen molar-refractivity contribution in [2.75, 3.05) is 26.2 Å². The molecule has 2 aromatic carbocycles. The molecule has 1 spiro atoms. The van der Waals surface area contributed by atoms with Gasteiger partial charge in [0.25, 0.3) is 5.91 Å². The first-order chi connectivity index (χ1) is 18.3. The highest BCUT2D eigenvalue weighted by Crippen LogP contribution is 2.53.